The molecule has 1 saturated heterocycles. The highest BCUT2D eigenvalue weighted by atomic mass is 32.2. The first-order chi connectivity index (χ1) is 14.4. The van der Waals surface area contributed by atoms with Gasteiger partial charge in [0.1, 0.15) is 5.75 Å². The van der Waals surface area contributed by atoms with Crippen LogP contribution in [0.5, 0.6) is 5.75 Å². The molecule has 3 rings (SSSR count). The minimum atomic E-state index is -3.64. The average Bonchev–Trinajstić information content (AvgIpc) is 3.26. The maximum absolute atomic E-state index is 12.9. The van der Waals surface area contributed by atoms with E-state index in [1.54, 1.807) is 55.6 Å². The summed E-state index contributed by atoms with van der Waals surface area (Å²) in [6.45, 7) is 0.651. The fraction of sp³-hybridized carbons (Fsp3) is 0.333. The van der Waals surface area contributed by atoms with Crippen molar-refractivity contribution in [3.63, 3.8) is 0 Å². The van der Waals surface area contributed by atoms with Gasteiger partial charge in [-0.05, 0) is 42.7 Å². The summed E-state index contributed by atoms with van der Waals surface area (Å²) in [5, 5.41) is 5.11. The van der Waals surface area contributed by atoms with Gasteiger partial charge in [0, 0.05) is 25.7 Å². The van der Waals surface area contributed by atoms with Crippen LogP contribution in [0.2, 0.25) is 0 Å². The summed E-state index contributed by atoms with van der Waals surface area (Å²) in [5.41, 5.74) is 0.798. The summed E-state index contributed by atoms with van der Waals surface area (Å²) in [7, 11) is -2.09. The van der Waals surface area contributed by atoms with Crippen LogP contribution in [0, 0.1) is 0 Å². The molecule has 2 aromatic rings. The van der Waals surface area contributed by atoms with E-state index in [1.807, 2.05) is 6.07 Å². The molecule has 8 nitrogen and oxygen atoms in total. The van der Waals surface area contributed by atoms with Crippen molar-refractivity contribution < 1.29 is 22.7 Å². The molecule has 1 unspecified atom stereocenters. The van der Waals surface area contributed by atoms with Crippen molar-refractivity contribution in [2.24, 2.45) is 0 Å². The number of benzene rings is 2. The van der Waals surface area contributed by atoms with Crippen molar-refractivity contribution >= 4 is 21.8 Å². The Bertz CT molecular complexity index is 995. The lowest BCUT2D eigenvalue weighted by Gasteiger charge is -2.24. The highest BCUT2D eigenvalue weighted by molar-refractivity contribution is 7.89. The zero-order chi connectivity index (χ0) is 21.6. The van der Waals surface area contributed by atoms with Crippen LogP contribution in [0.4, 0.5) is 0 Å². The summed E-state index contributed by atoms with van der Waals surface area (Å²) in [4.78, 5) is 24.5. The highest BCUT2D eigenvalue weighted by Crippen LogP contribution is 2.25. The number of carbonyl (C=O) groups is 2. The van der Waals surface area contributed by atoms with Gasteiger partial charge in [0.05, 0.1) is 12.0 Å². The molecule has 9 heteroatoms. The van der Waals surface area contributed by atoms with Crippen LogP contribution in [-0.4, -0.2) is 50.8 Å². The molecule has 2 aromatic carbocycles. The molecule has 1 fully saturated rings. The van der Waals surface area contributed by atoms with Crippen LogP contribution >= 0.6 is 0 Å². The predicted molar refractivity (Wildman–Crippen MR) is 111 cm³/mol. The topological polar surface area (TPSA) is 105 Å². The number of hydrogen-bond donors (Lipinski definition) is 2. The van der Waals surface area contributed by atoms with Gasteiger partial charge in [-0.3, -0.25) is 9.59 Å². The van der Waals surface area contributed by atoms with Gasteiger partial charge in [0.2, 0.25) is 10.0 Å². The first kappa shape index (κ1) is 21.8. The summed E-state index contributed by atoms with van der Waals surface area (Å²) in [5.74, 6) is -0.901. The van der Waals surface area contributed by atoms with Gasteiger partial charge >= 0.3 is 11.8 Å². The number of methoxy groups -OCH3 is 1. The second-order valence-electron chi connectivity index (χ2n) is 6.97. The Labute approximate surface area is 176 Å². The van der Waals surface area contributed by atoms with E-state index in [0.29, 0.717) is 25.1 Å². The second kappa shape index (κ2) is 9.73. The van der Waals surface area contributed by atoms with Gasteiger partial charge < -0.3 is 15.4 Å². The third kappa shape index (κ3) is 5.17. The molecule has 1 atom stereocenters. The van der Waals surface area contributed by atoms with Crippen LogP contribution in [0.1, 0.15) is 18.4 Å². The number of amides is 2. The van der Waals surface area contributed by atoms with Crippen LogP contribution in [0.25, 0.3) is 0 Å². The Hall–Kier alpha value is -2.91. The third-order valence-electron chi connectivity index (χ3n) is 4.96. The van der Waals surface area contributed by atoms with Crippen LogP contribution in [-0.2, 0) is 26.2 Å². The largest absolute Gasteiger partial charge is 0.497 e. The van der Waals surface area contributed by atoms with E-state index >= 15 is 0 Å². The molecule has 0 spiro atoms. The summed E-state index contributed by atoms with van der Waals surface area (Å²) in [6.07, 6.45) is 1.33. The fourth-order valence-corrected chi connectivity index (χ4v) is 5.11. The molecule has 0 aliphatic carbocycles. The van der Waals surface area contributed by atoms with Crippen molar-refractivity contribution in [1.29, 1.82) is 0 Å². The number of nitrogens with zero attached hydrogens (tertiary/aromatic N) is 1. The maximum Gasteiger partial charge on any atom is 0.309 e. The zero-order valence-corrected chi connectivity index (χ0v) is 17.5. The quantitative estimate of drug-likeness (QED) is 0.643. The Morgan fingerprint density at radius 1 is 1.07 bits per heavy atom. The molecule has 30 heavy (non-hydrogen) atoms. The smallest absolute Gasteiger partial charge is 0.309 e. The number of hydrogen-bond acceptors (Lipinski definition) is 5. The molecule has 160 valence electrons. The molecular weight excluding hydrogens is 406 g/mol. The molecule has 0 saturated carbocycles. The Balaban J connectivity index is 1.53. The van der Waals surface area contributed by atoms with Crippen molar-refractivity contribution in [1.82, 2.24) is 14.9 Å². The number of carbonyl (C=O) groups excluding carboxylic acids is 2. The Morgan fingerprint density at radius 3 is 2.53 bits per heavy atom. The van der Waals surface area contributed by atoms with E-state index in [2.05, 4.69) is 10.6 Å². The fourth-order valence-electron chi connectivity index (χ4n) is 3.39. The van der Waals surface area contributed by atoms with E-state index in [0.717, 1.165) is 5.56 Å². The molecule has 1 aliphatic heterocycles. The van der Waals surface area contributed by atoms with Crippen molar-refractivity contribution in [2.75, 3.05) is 20.2 Å². The number of ether oxygens (including phenoxy) is 1. The maximum atomic E-state index is 12.9. The normalized spacial score (nSPS) is 16.8. The van der Waals surface area contributed by atoms with E-state index in [4.69, 9.17) is 4.74 Å². The van der Waals surface area contributed by atoms with Gasteiger partial charge in [0.25, 0.3) is 0 Å². The summed E-state index contributed by atoms with van der Waals surface area (Å²) in [6, 6.07) is 15.0. The minimum Gasteiger partial charge on any atom is -0.497 e. The summed E-state index contributed by atoms with van der Waals surface area (Å²) < 4.78 is 32.2. The van der Waals surface area contributed by atoms with Gasteiger partial charge in [-0.25, -0.2) is 8.42 Å². The molecule has 2 amide bonds. The van der Waals surface area contributed by atoms with E-state index in [1.165, 1.54) is 4.31 Å². The molecule has 0 radical (unpaired) electrons. The minimum absolute atomic E-state index is 0.0808. The molecule has 1 heterocycles. The SMILES string of the molecule is COc1cccc(CNC(=O)C(=O)NCC2CCCN2S(=O)(=O)c2ccccc2)c1. The summed E-state index contributed by atoms with van der Waals surface area (Å²) >= 11 is 0. The zero-order valence-electron chi connectivity index (χ0n) is 16.7. The Morgan fingerprint density at radius 2 is 1.80 bits per heavy atom. The average molecular weight is 432 g/mol. The first-order valence-corrected chi connectivity index (χ1v) is 11.1. The predicted octanol–water partition coefficient (Wildman–Crippen LogP) is 1.28. The number of nitrogens with one attached hydrogen (secondary N) is 2. The van der Waals surface area contributed by atoms with Crippen LogP contribution < -0.4 is 15.4 Å². The van der Waals surface area contributed by atoms with Crippen molar-refractivity contribution in [3.8, 4) is 5.75 Å². The molecule has 0 aromatic heterocycles. The lowest BCUT2D eigenvalue weighted by molar-refractivity contribution is -0.139. The van der Waals surface area contributed by atoms with Gasteiger partial charge in [-0.1, -0.05) is 30.3 Å². The van der Waals surface area contributed by atoms with Gasteiger partial charge in [-0.15, -0.1) is 0 Å². The first-order valence-electron chi connectivity index (χ1n) is 9.67. The monoisotopic (exact) mass is 431 g/mol. The van der Waals surface area contributed by atoms with E-state index < -0.39 is 21.8 Å². The lowest BCUT2D eigenvalue weighted by atomic mass is 10.2. The van der Waals surface area contributed by atoms with Crippen molar-refractivity contribution in [2.45, 2.75) is 30.3 Å². The molecule has 2 N–H and O–H groups in total. The third-order valence-corrected chi connectivity index (χ3v) is 6.93. The van der Waals surface area contributed by atoms with E-state index in [9.17, 15) is 18.0 Å². The molecule has 0 bridgehead atoms. The van der Waals surface area contributed by atoms with Gasteiger partial charge in [0.15, 0.2) is 0 Å². The van der Waals surface area contributed by atoms with Crippen molar-refractivity contribution in [3.05, 3.63) is 60.2 Å². The molecular formula is C21H25N3O5S. The van der Waals surface area contributed by atoms with Crippen LogP contribution in [0.15, 0.2) is 59.5 Å². The number of sulfonamides is 1. The van der Waals surface area contributed by atoms with Crippen LogP contribution in [0.3, 0.4) is 0 Å². The van der Waals surface area contributed by atoms with E-state index in [-0.39, 0.29) is 24.0 Å². The van der Waals surface area contributed by atoms with Gasteiger partial charge in [-0.2, -0.15) is 4.31 Å². The Kier molecular flexibility index (Phi) is 7.07. The highest BCUT2D eigenvalue weighted by Gasteiger charge is 2.35. The standard InChI is InChI=1S/C21H25N3O5S/c1-29-18-9-5-7-16(13-18)14-22-20(25)21(26)23-15-17-8-6-12-24(17)30(27,28)19-10-3-2-4-11-19/h2-5,7,9-11,13,17H,6,8,12,14-15H2,1H3,(H,22,25)(H,23,26). The molecule has 1 aliphatic rings. The lowest BCUT2D eigenvalue weighted by Crippen LogP contribution is -2.46. The number of rotatable bonds is 7. The second-order valence-corrected chi connectivity index (χ2v) is 8.86.